The van der Waals surface area contributed by atoms with Crippen LogP contribution in [0.4, 0.5) is 5.69 Å². The summed E-state index contributed by atoms with van der Waals surface area (Å²) in [7, 11) is -3.77. The van der Waals surface area contributed by atoms with E-state index in [1.807, 2.05) is 30.3 Å². The van der Waals surface area contributed by atoms with Gasteiger partial charge in [0.1, 0.15) is 0 Å². The number of nitro benzene ring substituents is 1. The van der Waals surface area contributed by atoms with Gasteiger partial charge in [-0.2, -0.15) is 0 Å². The number of sulfonamides is 1. The first-order valence-corrected chi connectivity index (χ1v) is 10.3. The van der Waals surface area contributed by atoms with Crippen molar-refractivity contribution in [3.8, 4) is 0 Å². The quantitative estimate of drug-likeness (QED) is 0.606. The van der Waals surface area contributed by atoms with E-state index in [2.05, 4.69) is 4.72 Å². The third-order valence-corrected chi connectivity index (χ3v) is 6.38. The SMILES string of the molecule is O=[N+]([O-])c1ccc(S(=O)(=O)NC(c2ccccc2)C2CCCCC2)cc1. The van der Waals surface area contributed by atoms with Gasteiger partial charge in [-0.3, -0.25) is 10.1 Å². The highest BCUT2D eigenvalue weighted by atomic mass is 32.2. The largest absolute Gasteiger partial charge is 0.269 e. The lowest BCUT2D eigenvalue weighted by Crippen LogP contribution is -2.34. The zero-order chi connectivity index (χ0) is 18.6. The van der Waals surface area contributed by atoms with Gasteiger partial charge in [-0.05, 0) is 36.5 Å². The monoisotopic (exact) mass is 374 g/mol. The highest BCUT2D eigenvalue weighted by Gasteiger charge is 2.29. The van der Waals surface area contributed by atoms with Crippen molar-refractivity contribution in [2.75, 3.05) is 0 Å². The van der Waals surface area contributed by atoms with E-state index in [-0.39, 0.29) is 22.5 Å². The molecule has 0 saturated heterocycles. The summed E-state index contributed by atoms with van der Waals surface area (Å²) >= 11 is 0. The van der Waals surface area contributed by atoms with Crippen LogP contribution in [0.15, 0.2) is 59.5 Å². The highest BCUT2D eigenvalue weighted by molar-refractivity contribution is 7.89. The molecule has 0 spiro atoms. The maximum Gasteiger partial charge on any atom is 0.269 e. The van der Waals surface area contributed by atoms with Crippen molar-refractivity contribution in [2.45, 2.75) is 43.0 Å². The van der Waals surface area contributed by atoms with Gasteiger partial charge in [0.15, 0.2) is 0 Å². The van der Waals surface area contributed by atoms with Crippen molar-refractivity contribution < 1.29 is 13.3 Å². The molecule has 6 nitrogen and oxygen atoms in total. The Hall–Kier alpha value is -2.25. The molecule has 1 N–H and O–H groups in total. The zero-order valence-electron chi connectivity index (χ0n) is 14.4. The van der Waals surface area contributed by atoms with Crippen LogP contribution < -0.4 is 4.72 Å². The maximum absolute atomic E-state index is 12.9. The Morgan fingerprint density at radius 3 is 2.15 bits per heavy atom. The molecular weight excluding hydrogens is 352 g/mol. The van der Waals surface area contributed by atoms with Crippen LogP contribution >= 0.6 is 0 Å². The zero-order valence-corrected chi connectivity index (χ0v) is 15.2. The number of hydrogen-bond donors (Lipinski definition) is 1. The third kappa shape index (κ3) is 4.28. The third-order valence-electron chi connectivity index (χ3n) is 4.92. The lowest BCUT2D eigenvalue weighted by molar-refractivity contribution is -0.384. The molecule has 0 bridgehead atoms. The van der Waals surface area contributed by atoms with Gasteiger partial charge in [0.25, 0.3) is 5.69 Å². The Kier molecular flexibility index (Phi) is 5.68. The van der Waals surface area contributed by atoms with Crippen LogP contribution in [0, 0.1) is 16.0 Å². The molecule has 1 aliphatic rings. The minimum atomic E-state index is -3.77. The topological polar surface area (TPSA) is 89.3 Å². The van der Waals surface area contributed by atoms with Crippen LogP contribution in [0.3, 0.4) is 0 Å². The molecule has 0 heterocycles. The molecule has 1 unspecified atom stereocenters. The Balaban J connectivity index is 1.88. The number of non-ortho nitro benzene ring substituents is 1. The fraction of sp³-hybridized carbons (Fsp3) is 0.368. The molecular formula is C19H22N2O4S. The van der Waals surface area contributed by atoms with Crippen LogP contribution in [0.5, 0.6) is 0 Å². The second-order valence-corrected chi connectivity index (χ2v) is 8.37. The average molecular weight is 374 g/mol. The van der Waals surface area contributed by atoms with Gasteiger partial charge in [-0.25, -0.2) is 13.1 Å². The first kappa shape index (κ1) is 18.5. The summed E-state index contributed by atoms with van der Waals surface area (Å²) in [5.74, 6) is 0.249. The van der Waals surface area contributed by atoms with Gasteiger partial charge in [0, 0.05) is 18.2 Å². The van der Waals surface area contributed by atoms with Crippen LogP contribution in [0.2, 0.25) is 0 Å². The van der Waals surface area contributed by atoms with Crippen molar-refractivity contribution in [3.63, 3.8) is 0 Å². The number of nitrogens with zero attached hydrogens (tertiary/aromatic N) is 1. The van der Waals surface area contributed by atoms with Crippen molar-refractivity contribution in [1.29, 1.82) is 0 Å². The van der Waals surface area contributed by atoms with Gasteiger partial charge < -0.3 is 0 Å². The molecule has 2 aromatic carbocycles. The van der Waals surface area contributed by atoms with Gasteiger partial charge in [-0.15, -0.1) is 0 Å². The van der Waals surface area contributed by atoms with E-state index in [4.69, 9.17) is 0 Å². The molecule has 1 aliphatic carbocycles. The van der Waals surface area contributed by atoms with Crippen LogP contribution in [-0.4, -0.2) is 13.3 Å². The molecule has 0 aromatic heterocycles. The van der Waals surface area contributed by atoms with E-state index in [9.17, 15) is 18.5 Å². The molecule has 26 heavy (non-hydrogen) atoms. The summed E-state index contributed by atoms with van der Waals surface area (Å²) in [5, 5.41) is 10.8. The van der Waals surface area contributed by atoms with E-state index >= 15 is 0 Å². The lowest BCUT2D eigenvalue weighted by Gasteiger charge is -2.31. The average Bonchev–Trinajstić information content (AvgIpc) is 2.67. The fourth-order valence-corrected chi connectivity index (χ4v) is 4.84. The number of nitrogens with one attached hydrogen (secondary N) is 1. The fourth-order valence-electron chi connectivity index (χ4n) is 3.55. The Morgan fingerprint density at radius 1 is 0.962 bits per heavy atom. The second kappa shape index (κ2) is 7.97. The normalized spacial score (nSPS) is 16.9. The molecule has 138 valence electrons. The second-order valence-electron chi connectivity index (χ2n) is 6.66. The maximum atomic E-state index is 12.9. The molecule has 1 atom stereocenters. The van der Waals surface area contributed by atoms with Gasteiger partial charge in [-0.1, -0.05) is 49.6 Å². The van der Waals surface area contributed by atoms with Crippen LogP contribution in [0.1, 0.15) is 43.7 Å². The van der Waals surface area contributed by atoms with Gasteiger partial charge >= 0.3 is 0 Å². The summed E-state index contributed by atoms with van der Waals surface area (Å²) in [6.07, 6.45) is 5.37. The Labute approximate surface area is 153 Å². The summed E-state index contributed by atoms with van der Waals surface area (Å²) in [5.41, 5.74) is 0.820. The van der Waals surface area contributed by atoms with E-state index in [1.165, 1.54) is 30.7 Å². The van der Waals surface area contributed by atoms with Gasteiger partial charge in [0.2, 0.25) is 10.0 Å². The summed E-state index contributed by atoms with van der Waals surface area (Å²) in [6, 6.07) is 14.3. The molecule has 0 amide bonds. The lowest BCUT2D eigenvalue weighted by atomic mass is 9.81. The van der Waals surface area contributed by atoms with E-state index in [0.717, 1.165) is 31.2 Å². The van der Waals surface area contributed by atoms with Crippen LogP contribution in [-0.2, 0) is 10.0 Å². The van der Waals surface area contributed by atoms with E-state index in [1.54, 1.807) is 0 Å². The van der Waals surface area contributed by atoms with Crippen molar-refractivity contribution in [3.05, 3.63) is 70.3 Å². The minimum Gasteiger partial charge on any atom is -0.258 e. The van der Waals surface area contributed by atoms with Gasteiger partial charge in [0.05, 0.1) is 9.82 Å². The standard InChI is InChI=1S/C19H22N2O4S/c22-21(23)17-11-13-18(14-12-17)26(24,25)20-19(15-7-3-1-4-8-15)16-9-5-2-6-10-16/h1,3-4,7-8,11-14,16,19-20H,2,5-6,9-10H2. The summed E-state index contributed by atoms with van der Waals surface area (Å²) < 4.78 is 28.6. The predicted octanol–water partition coefficient (Wildman–Crippen LogP) is 4.19. The molecule has 0 aliphatic heterocycles. The van der Waals surface area contributed by atoms with E-state index < -0.39 is 14.9 Å². The van der Waals surface area contributed by atoms with Crippen molar-refractivity contribution >= 4 is 15.7 Å². The van der Waals surface area contributed by atoms with Crippen LogP contribution in [0.25, 0.3) is 0 Å². The number of hydrogen-bond acceptors (Lipinski definition) is 4. The highest BCUT2D eigenvalue weighted by Crippen LogP contribution is 2.35. The smallest absolute Gasteiger partial charge is 0.258 e. The molecule has 3 rings (SSSR count). The number of nitro groups is 1. The first-order chi connectivity index (χ1) is 12.5. The Morgan fingerprint density at radius 2 is 1.58 bits per heavy atom. The molecule has 0 radical (unpaired) electrons. The Bertz CT molecular complexity index is 845. The van der Waals surface area contributed by atoms with Crippen molar-refractivity contribution in [2.24, 2.45) is 5.92 Å². The van der Waals surface area contributed by atoms with Crippen molar-refractivity contribution in [1.82, 2.24) is 4.72 Å². The number of benzene rings is 2. The number of rotatable bonds is 6. The predicted molar refractivity (Wildman–Crippen MR) is 99.2 cm³/mol. The molecule has 1 saturated carbocycles. The summed E-state index contributed by atoms with van der Waals surface area (Å²) in [4.78, 5) is 10.3. The van der Waals surface area contributed by atoms with E-state index in [0.29, 0.717) is 0 Å². The first-order valence-electron chi connectivity index (χ1n) is 8.79. The summed E-state index contributed by atoms with van der Waals surface area (Å²) in [6.45, 7) is 0. The molecule has 2 aromatic rings. The molecule has 7 heteroatoms. The minimum absolute atomic E-state index is 0.0415. The molecule has 1 fully saturated rings.